The summed E-state index contributed by atoms with van der Waals surface area (Å²) in [5, 5.41) is 0. The number of carbonyl (C=O) groups excluding carboxylic acids is 1. The van der Waals surface area contributed by atoms with Crippen LogP contribution in [0.15, 0.2) is 24.3 Å². The number of halogens is 1. The van der Waals surface area contributed by atoms with E-state index in [1.54, 1.807) is 6.92 Å². The summed E-state index contributed by atoms with van der Waals surface area (Å²) in [6, 6.07) is 8.12. The molecule has 1 aliphatic rings. The zero-order valence-electron chi connectivity index (χ0n) is 12.8. The van der Waals surface area contributed by atoms with Crippen LogP contribution in [0.4, 0.5) is 0 Å². The summed E-state index contributed by atoms with van der Waals surface area (Å²) in [5.41, 5.74) is 1.20. The number of ether oxygens (including phenoxy) is 1. The molecule has 1 aliphatic heterocycles. The van der Waals surface area contributed by atoms with E-state index in [1.807, 2.05) is 12.1 Å². The van der Waals surface area contributed by atoms with Gasteiger partial charge in [0.1, 0.15) is 18.1 Å². The molecule has 0 N–H and O–H groups in total. The quantitative estimate of drug-likeness (QED) is 0.772. The Labute approximate surface area is 134 Å². The molecule has 0 unspecified atom stereocenters. The molecule has 0 amide bonds. The monoisotopic (exact) mass is 311 g/mol. The van der Waals surface area contributed by atoms with E-state index < -0.39 is 0 Å². The predicted molar refractivity (Wildman–Crippen MR) is 88.5 cm³/mol. The molecular formula is C17H26ClNO2. The van der Waals surface area contributed by atoms with Gasteiger partial charge in [-0.1, -0.05) is 18.6 Å². The smallest absolute Gasteiger partial charge is 0.130 e. The van der Waals surface area contributed by atoms with Crippen molar-refractivity contribution in [1.82, 2.24) is 4.90 Å². The second kappa shape index (κ2) is 9.80. The fraction of sp³-hybridized carbons (Fsp3) is 0.588. The lowest BCUT2D eigenvalue weighted by Gasteiger charge is -2.26. The van der Waals surface area contributed by atoms with Crippen molar-refractivity contribution in [3.63, 3.8) is 0 Å². The first kappa shape index (κ1) is 18.0. The first-order valence-corrected chi connectivity index (χ1v) is 7.67. The van der Waals surface area contributed by atoms with E-state index in [2.05, 4.69) is 17.0 Å². The van der Waals surface area contributed by atoms with Crippen molar-refractivity contribution in [3.05, 3.63) is 29.8 Å². The first-order chi connectivity index (χ1) is 9.74. The number of hydrogen-bond donors (Lipinski definition) is 0. The maximum atomic E-state index is 10.9. The molecule has 2 rings (SSSR count). The topological polar surface area (TPSA) is 29.5 Å². The Hall–Kier alpha value is -1.06. The largest absolute Gasteiger partial charge is 0.492 e. The maximum Gasteiger partial charge on any atom is 0.130 e. The summed E-state index contributed by atoms with van der Waals surface area (Å²) in [6.45, 7) is 5.84. The van der Waals surface area contributed by atoms with Crippen molar-refractivity contribution in [2.24, 2.45) is 0 Å². The minimum atomic E-state index is 0. The molecule has 0 aliphatic carbocycles. The third-order valence-corrected chi connectivity index (χ3v) is 3.81. The van der Waals surface area contributed by atoms with Gasteiger partial charge in [0.25, 0.3) is 0 Å². The Bertz CT molecular complexity index is 413. The lowest BCUT2D eigenvalue weighted by Crippen LogP contribution is -2.33. The van der Waals surface area contributed by atoms with Gasteiger partial charge in [0.2, 0.25) is 0 Å². The maximum absolute atomic E-state index is 10.9. The fourth-order valence-electron chi connectivity index (χ4n) is 2.55. The highest BCUT2D eigenvalue weighted by Crippen LogP contribution is 2.14. The third-order valence-electron chi connectivity index (χ3n) is 3.81. The van der Waals surface area contributed by atoms with Crippen LogP contribution in [0, 0.1) is 0 Å². The molecule has 3 nitrogen and oxygen atoms in total. The SMILES string of the molecule is CC(=O)CCc1ccc(OCCN2CCCCC2)cc1.Cl. The molecular weight excluding hydrogens is 286 g/mol. The molecule has 0 aromatic heterocycles. The second-order valence-electron chi connectivity index (χ2n) is 5.60. The summed E-state index contributed by atoms with van der Waals surface area (Å²) in [6.07, 6.45) is 5.47. The first-order valence-electron chi connectivity index (χ1n) is 7.67. The number of nitrogens with zero attached hydrogens (tertiary/aromatic N) is 1. The molecule has 0 atom stereocenters. The summed E-state index contributed by atoms with van der Waals surface area (Å²) < 4.78 is 5.78. The molecule has 0 bridgehead atoms. The Morgan fingerprint density at radius 2 is 1.81 bits per heavy atom. The number of rotatable bonds is 7. The summed E-state index contributed by atoms with van der Waals surface area (Å²) in [5.74, 6) is 1.17. The molecule has 1 fully saturated rings. The highest BCUT2D eigenvalue weighted by molar-refractivity contribution is 5.85. The van der Waals surface area contributed by atoms with Crippen molar-refractivity contribution in [2.45, 2.75) is 39.0 Å². The van der Waals surface area contributed by atoms with Gasteiger partial charge in [0.05, 0.1) is 0 Å². The highest BCUT2D eigenvalue weighted by atomic mass is 35.5. The molecule has 1 heterocycles. The summed E-state index contributed by atoms with van der Waals surface area (Å²) >= 11 is 0. The minimum Gasteiger partial charge on any atom is -0.492 e. The minimum absolute atomic E-state index is 0. The van der Waals surface area contributed by atoms with Crippen molar-refractivity contribution in [1.29, 1.82) is 0 Å². The van der Waals surface area contributed by atoms with E-state index in [1.165, 1.54) is 37.9 Å². The average molecular weight is 312 g/mol. The third kappa shape index (κ3) is 6.96. The van der Waals surface area contributed by atoms with E-state index in [9.17, 15) is 4.79 Å². The summed E-state index contributed by atoms with van der Waals surface area (Å²) in [7, 11) is 0. The second-order valence-corrected chi connectivity index (χ2v) is 5.60. The van der Waals surface area contributed by atoms with Gasteiger partial charge >= 0.3 is 0 Å². The van der Waals surface area contributed by atoms with E-state index in [0.29, 0.717) is 6.42 Å². The van der Waals surface area contributed by atoms with E-state index in [0.717, 1.165) is 25.3 Å². The number of benzene rings is 1. The van der Waals surface area contributed by atoms with Crippen molar-refractivity contribution < 1.29 is 9.53 Å². The molecule has 0 radical (unpaired) electrons. The van der Waals surface area contributed by atoms with Crippen LogP contribution in [-0.4, -0.2) is 36.9 Å². The summed E-state index contributed by atoms with van der Waals surface area (Å²) in [4.78, 5) is 13.4. The van der Waals surface area contributed by atoms with Crippen LogP contribution in [0.3, 0.4) is 0 Å². The van der Waals surface area contributed by atoms with Crippen molar-refractivity contribution in [2.75, 3.05) is 26.2 Å². The van der Waals surface area contributed by atoms with Crippen molar-refractivity contribution >= 4 is 18.2 Å². The van der Waals surface area contributed by atoms with Gasteiger partial charge in [0, 0.05) is 13.0 Å². The van der Waals surface area contributed by atoms with Gasteiger partial charge in [-0.05, 0) is 57.0 Å². The Balaban J connectivity index is 0.00000220. The average Bonchev–Trinajstić information content (AvgIpc) is 2.47. The Morgan fingerprint density at radius 1 is 1.14 bits per heavy atom. The van der Waals surface area contributed by atoms with E-state index in [-0.39, 0.29) is 18.2 Å². The lowest BCUT2D eigenvalue weighted by molar-refractivity contribution is -0.116. The van der Waals surface area contributed by atoms with E-state index in [4.69, 9.17) is 4.74 Å². The van der Waals surface area contributed by atoms with Gasteiger partial charge < -0.3 is 9.53 Å². The molecule has 0 spiro atoms. The van der Waals surface area contributed by atoms with Gasteiger partial charge in [-0.25, -0.2) is 0 Å². The van der Waals surface area contributed by atoms with Crippen LogP contribution in [0.2, 0.25) is 0 Å². The van der Waals surface area contributed by atoms with Gasteiger partial charge in [-0.15, -0.1) is 12.4 Å². The number of piperidine rings is 1. The van der Waals surface area contributed by atoms with E-state index >= 15 is 0 Å². The van der Waals surface area contributed by atoms with Gasteiger partial charge in [0.15, 0.2) is 0 Å². The zero-order valence-corrected chi connectivity index (χ0v) is 13.7. The Kier molecular flexibility index (Phi) is 8.40. The van der Waals surface area contributed by atoms with Crippen LogP contribution in [-0.2, 0) is 11.2 Å². The standard InChI is InChI=1S/C17H25NO2.ClH/c1-15(19)5-6-16-7-9-17(10-8-16)20-14-13-18-11-3-2-4-12-18;/h7-10H,2-6,11-14H2,1H3;1H. The zero-order chi connectivity index (χ0) is 14.2. The fourth-order valence-corrected chi connectivity index (χ4v) is 2.55. The van der Waals surface area contributed by atoms with Crippen LogP contribution in [0.1, 0.15) is 38.2 Å². The molecule has 0 saturated carbocycles. The normalized spacial score (nSPS) is 15.3. The van der Waals surface area contributed by atoms with Gasteiger partial charge in [-0.2, -0.15) is 0 Å². The van der Waals surface area contributed by atoms with Gasteiger partial charge in [-0.3, -0.25) is 4.90 Å². The number of Topliss-reactive ketones (excluding diaryl/α,β-unsaturated/α-hetero) is 1. The molecule has 21 heavy (non-hydrogen) atoms. The number of ketones is 1. The molecule has 1 aromatic carbocycles. The van der Waals surface area contributed by atoms with Crippen LogP contribution < -0.4 is 4.74 Å². The molecule has 1 saturated heterocycles. The number of carbonyl (C=O) groups is 1. The van der Waals surface area contributed by atoms with Crippen LogP contribution in [0.5, 0.6) is 5.75 Å². The predicted octanol–water partition coefficient (Wildman–Crippen LogP) is 3.49. The van der Waals surface area contributed by atoms with Crippen LogP contribution in [0.25, 0.3) is 0 Å². The Morgan fingerprint density at radius 3 is 2.43 bits per heavy atom. The molecule has 118 valence electrons. The lowest BCUT2D eigenvalue weighted by atomic mass is 10.1. The molecule has 4 heteroatoms. The number of likely N-dealkylation sites (tertiary alicyclic amines) is 1. The van der Waals surface area contributed by atoms with Crippen molar-refractivity contribution in [3.8, 4) is 5.75 Å². The van der Waals surface area contributed by atoms with Crippen LogP contribution >= 0.6 is 12.4 Å². The number of hydrogen-bond acceptors (Lipinski definition) is 3. The molecule has 1 aromatic rings. The highest BCUT2D eigenvalue weighted by Gasteiger charge is 2.09. The number of aryl methyl sites for hydroxylation is 1.